The number of aliphatic hydroxyl groups excluding tert-OH is 8. The van der Waals surface area contributed by atoms with Crippen LogP contribution in [0.2, 0.25) is 0 Å². The minimum atomic E-state index is -1.79. The fraction of sp³-hybridized carbons (Fsp3) is 0.889. The molecule has 2 rings (SSSR count). The molecule has 14 heteroatoms. The standard InChI is InChI=1S/C63H117NO13/c1-3-5-7-9-11-13-15-17-19-21-23-24-25-26-27-29-30-32-34-36-38-40-42-44-46-52(67)51(64-55(68)47-45-43-41-39-37-35-33-31-28-22-20-18-16-14-12-10-8-6-4-2)50-74-62-60(73)58(71)61(54(49-66)76-62)77-63-59(72)57(70)56(69)53(48-65)75-63/h29-30,36,38,44,46,51-54,56-63,65-67,69-73H,3-28,31-35,37,39-43,45,47-50H2,1-2H3,(H,64,68)/b30-29+,38-36+,46-44+. The Bertz CT molecular complexity index is 1430. The second-order valence-corrected chi connectivity index (χ2v) is 22.5. The second kappa shape index (κ2) is 48.9. The van der Waals surface area contributed by atoms with Gasteiger partial charge in [-0.15, -0.1) is 0 Å². The van der Waals surface area contributed by atoms with E-state index in [0.717, 1.165) is 44.9 Å². The van der Waals surface area contributed by atoms with Crippen LogP contribution in [0.4, 0.5) is 0 Å². The zero-order chi connectivity index (χ0) is 56.0. The summed E-state index contributed by atoms with van der Waals surface area (Å²) < 4.78 is 22.8. The molecule has 9 N–H and O–H groups in total. The van der Waals surface area contributed by atoms with Gasteiger partial charge in [-0.05, 0) is 44.9 Å². The highest BCUT2D eigenvalue weighted by molar-refractivity contribution is 5.76. The van der Waals surface area contributed by atoms with E-state index in [0.29, 0.717) is 12.8 Å². The highest BCUT2D eigenvalue weighted by Crippen LogP contribution is 2.30. The third kappa shape index (κ3) is 34.3. The number of rotatable bonds is 51. The van der Waals surface area contributed by atoms with E-state index < -0.39 is 86.8 Å². The first kappa shape index (κ1) is 71.3. The minimum absolute atomic E-state index is 0.249. The number of carbonyl (C=O) groups is 1. The number of nitrogens with one attached hydrogen (secondary N) is 1. The first-order valence-electron chi connectivity index (χ1n) is 31.7. The van der Waals surface area contributed by atoms with E-state index in [4.69, 9.17) is 18.9 Å². The van der Waals surface area contributed by atoms with Crippen LogP contribution in [0.15, 0.2) is 36.5 Å². The Morgan fingerprint density at radius 3 is 1.27 bits per heavy atom. The Kier molecular flexibility index (Phi) is 45.3. The van der Waals surface area contributed by atoms with Crippen molar-refractivity contribution in [2.75, 3.05) is 19.8 Å². The molecule has 452 valence electrons. The van der Waals surface area contributed by atoms with Crippen molar-refractivity contribution in [3.8, 4) is 0 Å². The third-order valence-electron chi connectivity index (χ3n) is 15.6. The summed E-state index contributed by atoms with van der Waals surface area (Å²) in [4.78, 5) is 13.3. The van der Waals surface area contributed by atoms with E-state index in [1.165, 1.54) is 186 Å². The van der Waals surface area contributed by atoms with Crippen molar-refractivity contribution >= 4 is 5.91 Å². The van der Waals surface area contributed by atoms with Crippen LogP contribution in [-0.4, -0.2) is 140 Å². The van der Waals surface area contributed by atoms with Gasteiger partial charge in [0.15, 0.2) is 12.6 Å². The van der Waals surface area contributed by atoms with Gasteiger partial charge in [0, 0.05) is 6.42 Å². The summed E-state index contributed by atoms with van der Waals surface area (Å²) in [5, 5.41) is 87.2. The topological polar surface area (TPSA) is 228 Å². The normalized spacial score (nSPS) is 24.9. The predicted molar refractivity (Wildman–Crippen MR) is 309 cm³/mol. The van der Waals surface area contributed by atoms with Crippen molar-refractivity contribution in [3.63, 3.8) is 0 Å². The monoisotopic (exact) mass is 1100 g/mol. The summed E-state index contributed by atoms with van der Waals surface area (Å²) in [7, 11) is 0. The molecule has 12 unspecified atom stereocenters. The molecule has 2 aliphatic heterocycles. The highest BCUT2D eigenvalue weighted by atomic mass is 16.7. The predicted octanol–water partition coefficient (Wildman–Crippen LogP) is 11.4. The first-order chi connectivity index (χ1) is 37.6. The average molecular weight is 1100 g/mol. The van der Waals surface area contributed by atoms with Gasteiger partial charge in [-0.2, -0.15) is 0 Å². The van der Waals surface area contributed by atoms with Crippen LogP contribution < -0.4 is 5.32 Å². The van der Waals surface area contributed by atoms with Crippen LogP contribution in [0, 0.1) is 0 Å². The lowest BCUT2D eigenvalue weighted by molar-refractivity contribution is -0.359. The number of carbonyl (C=O) groups excluding carboxylic acids is 1. The number of allylic oxidation sites excluding steroid dienone is 5. The first-order valence-corrected chi connectivity index (χ1v) is 31.7. The Hall–Kier alpha value is -1.79. The summed E-state index contributed by atoms with van der Waals surface area (Å²) in [5.41, 5.74) is 0. The summed E-state index contributed by atoms with van der Waals surface area (Å²) in [5.74, 6) is -0.249. The Morgan fingerprint density at radius 2 is 0.831 bits per heavy atom. The largest absolute Gasteiger partial charge is 0.394 e. The molecule has 0 bridgehead atoms. The highest BCUT2D eigenvalue weighted by Gasteiger charge is 2.51. The maximum atomic E-state index is 13.3. The SMILES string of the molecule is CCCCCCCCCCCCCCCC/C=C/CC/C=C/CC/C=C/C(O)C(COC1OC(CO)C(OC2OC(CO)C(O)C(O)C2O)C(O)C1O)NC(=O)CCCCCCCCCCCCCCCCCCCCC. The average Bonchev–Trinajstić information content (AvgIpc) is 3.44. The number of unbranched alkanes of at least 4 members (excludes halogenated alkanes) is 34. The van der Waals surface area contributed by atoms with Crippen molar-refractivity contribution in [2.45, 2.75) is 338 Å². The minimum Gasteiger partial charge on any atom is -0.394 e. The van der Waals surface area contributed by atoms with Gasteiger partial charge in [0.1, 0.15) is 48.8 Å². The van der Waals surface area contributed by atoms with Crippen molar-refractivity contribution in [3.05, 3.63) is 36.5 Å². The van der Waals surface area contributed by atoms with Gasteiger partial charge in [0.25, 0.3) is 0 Å². The van der Waals surface area contributed by atoms with E-state index in [1.807, 2.05) is 6.08 Å². The van der Waals surface area contributed by atoms with Crippen LogP contribution >= 0.6 is 0 Å². The maximum Gasteiger partial charge on any atom is 0.220 e. The summed E-state index contributed by atoms with van der Waals surface area (Å²) in [6, 6.07) is -0.936. The van der Waals surface area contributed by atoms with Gasteiger partial charge in [0.05, 0.1) is 32.0 Å². The molecular formula is C63H117NO13. The number of amides is 1. The lowest BCUT2D eigenvalue weighted by Gasteiger charge is -2.46. The summed E-state index contributed by atoms with van der Waals surface area (Å²) in [6.45, 7) is 2.81. The van der Waals surface area contributed by atoms with Crippen molar-refractivity contribution < 1.29 is 64.6 Å². The summed E-state index contributed by atoms with van der Waals surface area (Å²) in [6.07, 6.45) is 43.3. The van der Waals surface area contributed by atoms with Crippen molar-refractivity contribution in [1.29, 1.82) is 0 Å². The Labute approximate surface area is 468 Å². The number of ether oxygens (including phenoxy) is 4. The van der Waals surface area contributed by atoms with E-state index >= 15 is 0 Å². The maximum absolute atomic E-state index is 13.3. The van der Waals surface area contributed by atoms with Crippen molar-refractivity contribution in [1.82, 2.24) is 5.32 Å². The molecule has 0 aliphatic carbocycles. The Balaban J connectivity index is 1.76. The van der Waals surface area contributed by atoms with Gasteiger partial charge >= 0.3 is 0 Å². The van der Waals surface area contributed by atoms with Gasteiger partial charge < -0.3 is 65.1 Å². The van der Waals surface area contributed by atoms with Gasteiger partial charge in [-0.1, -0.05) is 249 Å². The number of aliphatic hydroxyl groups is 8. The zero-order valence-electron chi connectivity index (χ0n) is 48.7. The number of hydrogen-bond acceptors (Lipinski definition) is 13. The lowest BCUT2D eigenvalue weighted by Crippen LogP contribution is -2.65. The molecule has 0 saturated carbocycles. The van der Waals surface area contributed by atoms with Crippen LogP contribution in [0.1, 0.15) is 264 Å². The zero-order valence-corrected chi connectivity index (χ0v) is 48.7. The molecule has 14 nitrogen and oxygen atoms in total. The van der Waals surface area contributed by atoms with E-state index in [1.54, 1.807) is 6.08 Å². The smallest absolute Gasteiger partial charge is 0.220 e. The fourth-order valence-electron chi connectivity index (χ4n) is 10.4. The number of hydrogen-bond donors (Lipinski definition) is 9. The lowest BCUT2D eigenvalue weighted by atomic mass is 9.97. The Morgan fingerprint density at radius 1 is 0.455 bits per heavy atom. The second-order valence-electron chi connectivity index (χ2n) is 22.5. The van der Waals surface area contributed by atoms with Crippen LogP contribution in [0.5, 0.6) is 0 Å². The van der Waals surface area contributed by atoms with Crippen LogP contribution in [0.3, 0.4) is 0 Å². The summed E-state index contributed by atoms with van der Waals surface area (Å²) >= 11 is 0. The third-order valence-corrected chi connectivity index (χ3v) is 15.6. The molecule has 77 heavy (non-hydrogen) atoms. The van der Waals surface area contributed by atoms with E-state index in [2.05, 4.69) is 43.5 Å². The molecule has 0 aromatic carbocycles. The molecule has 1 amide bonds. The molecule has 0 radical (unpaired) electrons. The van der Waals surface area contributed by atoms with Crippen LogP contribution in [-0.2, 0) is 23.7 Å². The van der Waals surface area contributed by atoms with Gasteiger partial charge in [-0.25, -0.2) is 0 Å². The van der Waals surface area contributed by atoms with E-state index in [9.17, 15) is 45.6 Å². The van der Waals surface area contributed by atoms with Gasteiger partial charge in [-0.3, -0.25) is 4.79 Å². The molecule has 2 saturated heterocycles. The van der Waals surface area contributed by atoms with Crippen molar-refractivity contribution in [2.24, 2.45) is 0 Å². The van der Waals surface area contributed by atoms with Gasteiger partial charge in [0.2, 0.25) is 5.91 Å². The molecule has 2 heterocycles. The quantitative estimate of drug-likeness (QED) is 0.0204. The molecule has 2 fully saturated rings. The van der Waals surface area contributed by atoms with E-state index in [-0.39, 0.29) is 18.9 Å². The molecule has 2 aliphatic rings. The molecule has 0 spiro atoms. The molecule has 12 atom stereocenters. The van der Waals surface area contributed by atoms with Crippen LogP contribution in [0.25, 0.3) is 0 Å². The molecule has 0 aromatic heterocycles. The molecular weight excluding hydrogens is 979 g/mol. The molecule has 0 aromatic rings. The fourth-order valence-corrected chi connectivity index (χ4v) is 10.4.